The van der Waals surface area contributed by atoms with Gasteiger partial charge in [-0.1, -0.05) is 25.5 Å². The maximum atomic E-state index is 12.0. The Bertz CT molecular complexity index is 529. The summed E-state index contributed by atoms with van der Waals surface area (Å²) in [5, 5.41) is 7.83. The molecule has 3 atom stereocenters. The largest absolute Gasteiger partial charge is 0.464 e. The highest BCUT2D eigenvalue weighted by molar-refractivity contribution is 5.86. The first kappa shape index (κ1) is 16.5. The van der Waals surface area contributed by atoms with Crippen LogP contribution in [-0.2, 0) is 14.3 Å². The van der Waals surface area contributed by atoms with Gasteiger partial charge in [0, 0.05) is 0 Å². The number of esters is 2. The first-order chi connectivity index (χ1) is 10.6. The second-order valence-electron chi connectivity index (χ2n) is 5.71. The molecule has 1 fully saturated rings. The predicted molar refractivity (Wildman–Crippen MR) is 78.2 cm³/mol. The molecular formula is C15H23N3O4. The molecule has 2 rings (SSSR count). The Balaban J connectivity index is 2.10. The molecule has 22 heavy (non-hydrogen) atoms. The number of ether oxygens (including phenoxy) is 2. The quantitative estimate of drug-likeness (QED) is 0.775. The number of aromatic nitrogens is 3. The van der Waals surface area contributed by atoms with Gasteiger partial charge in [-0.15, -0.1) is 5.10 Å². The van der Waals surface area contributed by atoms with Crippen LogP contribution < -0.4 is 0 Å². The Kier molecular flexibility index (Phi) is 5.51. The molecule has 1 aromatic rings. The van der Waals surface area contributed by atoms with Gasteiger partial charge in [0.2, 0.25) is 0 Å². The van der Waals surface area contributed by atoms with E-state index in [-0.39, 0.29) is 29.7 Å². The van der Waals surface area contributed by atoms with Crippen LogP contribution in [0.15, 0.2) is 6.20 Å². The fourth-order valence-corrected chi connectivity index (χ4v) is 2.59. The molecule has 0 N–H and O–H groups in total. The van der Waals surface area contributed by atoms with Crippen LogP contribution in [0.4, 0.5) is 0 Å². The van der Waals surface area contributed by atoms with Crippen LogP contribution in [0.3, 0.4) is 0 Å². The molecule has 1 saturated carbocycles. The molecule has 1 aliphatic carbocycles. The number of carbonyl (C=O) groups excluding carboxylic acids is 2. The lowest BCUT2D eigenvalue weighted by atomic mass is 9.92. The molecule has 0 spiro atoms. The van der Waals surface area contributed by atoms with Crippen LogP contribution in [0.25, 0.3) is 0 Å². The van der Waals surface area contributed by atoms with Crippen molar-refractivity contribution in [2.75, 3.05) is 7.11 Å². The fraction of sp³-hybridized carbons (Fsp3) is 0.733. The van der Waals surface area contributed by atoms with E-state index >= 15 is 0 Å². The number of rotatable bonds is 5. The standard InChI is InChI=1S/C15H23N3O4/c1-4-10(2)14(19)22-13-8-6-5-7-12(13)18-9-11(16-17-18)15(20)21-3/h9-10,12-13H,4-8H2,1-3H3. The molecule has 0 radical (unpaired) electrons. The summed E-state index contributed by atoms with van der Waals surface area (Å²) in [5.41, 5.74) is 0.167. The number of hydrogen-bond donors (Lipinski definition) is 0. The Morgan fingerprint density at radius 2 is 2.14 bits per heavy atom. The zero-order chi connectivity index (χ0) is 16.1. The third kappa shape index (κ3) is 3.64. The minimum absolute atomic E-state index is 0.0762. The van der Waals surface area contributed by atoms with E-state index in [0.29, 0.717) is 0 Å². The van der Waals surface area contributed by atoms with Gasteiger partial charge in [0.05, 0.1) is 25.3 Å². The van der Waals surface area contributed by atoms with Crippen molar-refractivity contribution < 1.29 is 19.1 Å². The van der Waals surface area contributed by atoms with Gasteiger partial charge in [-0.3, -0.25) is 4.79 Å². The summed E-state index contributed by atoms with van der Waals surface area (Å²) in [6.07, 6.45) is 5.81. The molecule has 0 aliphatic heterocycles. The Morgan fingerprint density at radius 3 is 2.82 bits per heavy atom. The summed E-state index contributed by atoms with van der Waals surface area (Å²) < 4.78 is 11.9. The zero-order valence-corrected chi connectivity index (χ0v) is 13.3. The molecule has 1 heterocycles. The summed E-state index contributed by atoms with van der Waals surface area (Å²) in [6.45, 7) is 3.83. The van der Waals surface area contributed by atoms with Gasteiger partial charge >= 0.3 is 11.9 Å². The molecule has 0 amide bonds. The van der Waals surface area contributed by atoms with E-state index in [1.165, 1.54) is 7.11 Å². The van der Waals surface area contributed by atoms with Gasteiger partial charge in [0.25, 0.3) is 0 Å². The van der Waals surface area contributed by atoms with Gasteiger partial charge < -0.3 is 9.47 Å². The van der Waals surface area contributed by atoms with Crippen LogP contribution in [0.5, 0.6) is 0 Å². The van der Waals surface area contributed by atoms with Crippen molar-refractivity contribution in [3.63, 3.8) is 0 Å². The Hall–Kier alpha value is -1.92. The van der Waals surface area contributed by atoms with Crippen LogP contribution in [-0.4, -0.2) is 40.1 Å². The molecular weight excluding hydrogens is 286 g/mol. The van der Waals surface area contributed by atoms with Crippen LogP contribution in [0.2, 0.25) is 0 Å². The first-order valence-electron chi connectivity index (χ1n) is 7.77. The van der Waals surface area contributed by atoms with E-state index in [0.717, 1.165) is 32.1 Å². The topological polar surface area (TPSA) is 83.3 Å². The van der Waals surface area contributed by atoms with Crippen molar-refractivity contribution in [1.82, 2.24) is 15.0 Å². The second-order valence-corrected chi connectivity index (χ2v) is 5.71. The normalized spacial score (nSPS) is 22.9. The fourth-order valence-electron chi connectivity index (χ4n) is 2.59. The van der Waals surface area contributed by atoms with Crippen molar-refractivity contribution in [1.29, 1.82) is 0 Å². The van der Waals surface area contributed by atoms with Gasteiger partial charge in [-0.2, -0.15) is 0 Å². The summed E-state index contributed by atoms with van der Waals surface area (Å²) in [6, 6.07) is -0.0762. The highest BCUT2D eigenvalue weighted by Gasteiger charge is 2.32. The van der Waals surface area contributed by atoms with Crippen molar-refractivity contribution in [2.45, 2.75) is 58.1 Å². The van der Waals surface area contributed by atoms with E-state index in [4.69, 9.17) is 4.74 Å². The summed E-state index contributed by atoms with van der Waals surface area (Å²) >= 11 is 0. The average Bonchev–Trinajstić information content (AvgIpc) is 3.03. The van der Waals surface area contributed by atoms with Crippen molar-refractivity contribution in [3.8, 4) is 0 Å². The van der Waals surface area contributed by atoms with Gasteiger partial charge in [0.15, 0.2) is 5.69 Å². The van der Waals surface area contributed by atoms with Gasteiger partial charge in [0.1, 0.15) is 6.10 Å². The lowest BCUT2D eigenvalue weighted by Gasteiger charge is -2.31. The summed E-state index contributed by atoms with van der Waals surface area (Å²) in [4.78, 5) is 23.5. The van der Waals surface area contributed by atoms with Gasteiger partial charge in [-0.25, -0.2) is 9.48 Å². The van der Waals surface area contributed by atoms with E-state index in [9.17, 15) is 9.59 Å². The molecule has 0 bridgehead atoms. The lowest BCUT2D eigenvalue weighted by Crippen LogP contribution is -2.34. The average molecular weight is 309 g/mol. The zero-order valence-electron chi connectivity index (χ0n) is 13.3. The molecule has 7 nitrogen and oxygen atoms in total. The maximum absolute atomic E-state index is 12.0. The molecule has 0 saturated heterocycles. The Morgan fingerprint density at radius 1 is 1.41 bits per heavy atom. The first-order valence-corrected chi connectivity index (χ1v) is 7.77. The summed E-state index contributed by atoms with van der Waals surface area (Å²) in [7, 11) is 1.30. The third-order valence-electron chi connectivity index (χ3n) is 4.19. The molecule has 1 aromatic heterocycles. The second kappa shape index (κ2) is 7.38. The molecule has 1 aliphatic rings. The number of methoxy groups -OCH3 is 1. The number of carbonyl (C=O) groups is 2. The number of nitrogens with zero attached hydrogens (tertiary/aromatic N) is 3. The third-order valence-corrected chi connectivity index (χ3v) is 4.19. The Labute approximate surface area is 130 Å². The van der Waals surface area contributed by atoms with E-state index < -0.39 is 5.97 Å². The van der Waals surface area contributed by atoms with Crippen molar-refractivity contribution in [3.05, 3.63) is 11.9 Å². The molecule has 122 valence electrons. The maximum Gasteiger partial charge on any atom is 0.360 e. The molecule has 7 heteroatoms. The van der Waals surface area contributed by atoms with Crippen LogP contribution in [0.1, 0.15) is 62.5 Å². The minimum Gasteiger partial charge on any atom is -0.464 e. The van der Waals surface area contributed by atoms with E-state index in [2.05, 4.69) is 15.0 Å². The number of hydrogen-bond acceptors (Lipinski definition) is 6. The van der Waals surface area contributed by atoms with Crippen molar-refractivity contribution in [2.24, 2.45) is 5.92 Å². The molecule has 3 unspecified atom stereocenters. The van der Waals surface area contributed by atoms with Crippen LogP contribution in [0, 0.1) is 5.92 Å². The van der Waals surface area contributed by atoms with Gasteiger partial charge in [-0.05, 0) is 25.7 Å². The molecule has 0 aromatic carbocycles. The van der Waals surface area contributed by atoms with E-state index in [1.807, 2.05) is 13.8 Å². The smallest absolute Gasteiger partial charge is 0.360 e. The van der Waals surface area contributed by atoms with Crippen molar-refractivity contribution >= 4 is 11.9 Å². The monoisotopic (exact) mass is 309 g/mol. The predicted octanol–water partition coefficient (Wildman–Crippen LogP) is 2.14. The van der Waals surface area contributed by atoms with E-state index in [1.54, 1.807) is 10.9 Å². The highest BCUT2D eigenvalue weighted by atomic mass is 16.5. The minimum atomic E-state index is -0.518. The lowest BCUT2D eigenvalue weighted by molar-refractivity contribution is -0.157. The summed E-state index contributed by atoms with van der Waals surface area (Å²) in [5.74, 6) is -0.799. The SMILES string of the molecule is CCC(C)C(=O)OC1CCCCC1n1cc(C(=O)OC)nn1. The highest BCUT2D eigenvalue weighted by Crippen LogP contribution is 2.31. The van der Waals surface area contributed by atoms with Crippen LogP contribution >= 0.6 is 0 Å².